The molecule has 9 nitrogen and oxygen atoms in total. The molecule has 2 fully saturated rings. The maximum atomic E-state index is 16.9. The molecule has 0 unspecified atom stereocenters. The topological polar surface area (TPSA) is 118 Å². The van der Waals surface area contributed by atoms with Crippen LogP contribution in [-0.4, -0.2) is 64.8 Å². The second kappa shape index (κ2) is 10.4. The second-order valence-electron chi connectivity index (χ2n) is 11.6. The molecule has 0 saturated carbocycles. The zero-order valence-corrected chi connectivity index (χ0v) is 25.3. The summed E-state index contributed by atoms with van der Waals surface area (Å²) in [6, 6.07) is 3.74. The number of rotatable bonds is 4. The minimum Gasteiger partial charge on any atom is -0.489 e. The number of nitrogens with two attached hydrogens (primary N) is 1. The van der Waals surface area contributed by atoms with Gasteiger partial charge in [0, 0.05) is 30.8 Å². The summed E-state index contributed by atoms with van der Waals surface area (Å²) in [5.41, 5.74) is 5.21. The van der Waals surface area contributed by atoms with Crippen LogP contribution < -0.4 is 20.1 Å². The number of carbonyl (C=O) groups excluding carboxylic acids is 1. The van der Waals surface area contributed by atoms with Crippen molar-refractivity contribution in [3.63, 3.8) is 0 Å². The van der Waals surface area contributed by atoms with Crippen molar-refractivity contribution in [2.24, 2.45) is 0 Å². The van der Waals surface area contributed by atoms with E-state index in [0.717, 1.165) is 36.8 Å². The zero-order valence-electron chi connectivity index (χ0n) is 23.7. The number of anilines is 2. The van der Waals surface area contributed by atoms with Crippen LogP contribution >= 0.6 is 22.9 Å². The molecule has 4 aromatic rings. The van der Waals surface area contributed by atoms with E-state index >= 15 is 4.39 Å². The molecule has 7 rings (SSSR count). The molecular formula is C30H26ClF3N6O3S. The van der Waals surface area contributed by atoms with Crippen LogP contribution in [0, 0.1) is 23.0 Å². The molecule has 3 atom stereocenters. The molecule has 0 bridgehead atoms. The number of alkyl halides is 1. The third kappa shape index (κ3) is 4.18. The molecule has 2 N–H and O–H groups in total. The van der Waals surface area contributed by atoms with E-state index in [9.17, 15) is 18.8 Å². The first-order valence-electron chi connectivity index (χ1n) is 14.1. The van der Waals surface area contributed by atoms with Gasteiger partial charge in [-0.1, -0.05) is 17.7 Å². The van der Waals surface area contributed by atoms with E-state index in [1.165, 1.54) is 17.9 Å². The number of thiophene rings is 1. The summed E-state index contributed by atoms with van der Waals surface area (Å²) >= 11 is 7.76. The van der Waals surface area contributed by atoms with Crippen molar-refractivity contribution in [2.45, 2.75) is 50.9 Å². The minimum absolute atomic E-state index is 0.00431. The van der Waals surface area contributed by atoms with Gasteiger partial charge in [-0.2, -0.15) is 15.2 Å². The van der Waals surface area contributed by atoms with Gasteiger partial charge in [0.05, 0.1) is 32.3 Å². The molecule has 0 aliphatic carbocycles. The Labute approximate surface area is 258 Å². The molecular weight excluding hydrogens is 617 g/mol. The van der Waals surface area contributed by atoms with Crippen LogP contribution in [0.25, 0.3) is 32.1 Å². The van der Waals surface area contributed by atoms with Gasteiger partial charge in [-0.05, 0) is 37.9 Å². The zero-order chi connectivity index (χ0) is 31.1. The van der Waals surface area contributed by atoms with Crippen molar-refractivity contribution in [2.75, 3.05) is 36.9 Å². The van der Waals surface area contributed by atoms with Gasteiger partial charge in [0.15, 0.2) is 17.4 Å². The Bertz CT molecular complexity index is 1930. The molecule has 1 amide bonds. The molecule has 3 aliphatic heterocycles. The Morgan fingerprint density at radius 3 is 2.89 bits per heavy atom. The number of fused-ring (bicyclic) bond motifs is 2. The molecule has 14 heteroatoms. The fourth-order valence-electron chi connectivity index (χ4n) is 6.95. The number of carbonyl (C=O) groups is 1. The van der Waals surface area contributed by atoms with Crippen LogP contribution in [0.5, 0.6) is 11.8 Å². The predicted octanol–water partition coefficient (Wildman–Crippen LogP) is 5.99. The number of nitriles is 1. The summed E-state index contributed by atoms with van der Waals surface area (Å²) in [6.45, 7) is 4.26. The van der Waals surface area contributed by atoms with Crippen LogP contribution in [0.3, 0.4) is 0 Å². The number of nitrogens with zero attached hydrogens (tertiary/aromatic N) is 5. The van der Waals surface area contributed by atoms with Crippen molar-refractivity contribution in [3.8, 4) is 29.0 Å². The highest BCUT2D eigenvalue weighted by molar-refractivity contribution is 7.23. The summed E-state index contributed by atoms with van der Waals surface area (Å²) in [7, 11) is 0. The van der Waals surface area contributed by atoms with E-state index in [1.54, 1.807) is 6.92 Å². The number of hydrogen-bond donors (Lipinski definition) is 1. The van der Waals surface area contributed by atoms with Crippen LogP contribution in [0.1, 0.15) is 38.7 Å². The van der Waals surface area contributed by atoms with Gasteiger partial charge in [0.1, 0.15) is 41.8 Å². The number of halogens is 4. The number of nitrogen functional groups attached to an aromatic ring is 1. The van der Waals surface area contributed by atoms with Crippen molar-refractivity contribution in [1.82, 2.24) is 14.9 Å². The van der Waals surface area contributed by atoms with E-state index in [1.807, 2.05) is 6.07 Å². The molecule has 0 spiro atoms. The molecule has 2 saturated heterocycles. The smallest absolute Gasteiger partial charge is 0.319 e. The van der Waals surface area contributed by atoms with Crippen molar-refractivity contribution >= 4 is 60.7 Å². The van der Waals surface area contributed by atoms with Gasteiger partial charge in [0.25, 0.3) is 0 Å². The first-order valence-corrected chi connectivity index (χ1v) is 15.3. The van der Waals surface area contributed by atoms with Gasteiger partial charge in [-0.25, -0.2) is 13.2 Å². The predicted molar refractivity (Wildman–Crippen MR) is 161 cm³/mol. The third-order valence-electron chi connectivity index (χ3n) is 8.85. The molecule has 0 radical (unpaired) electrons. The molecule has 3 aliphatic rings. The van der Waals surface area contributed by atoms with Crippen LogP contribution in [0.2, 0.25) is 5.02 Å². The quantitative estimate of drug-likeness (QED) is 0.289. The first-order chi connectivity index (χ1) is 21.0. The minimum atomic E-state index is -0.978. The second-order valence-corrected chi connectivity index (χ2v) is 13.0. The Hall–Kier alpha value is -3.86. The van der Waals surface area contributed by atoms with Crippen molar-refractivity contribution in [3.05, 3.63) is 34.4 Å². The molecule has 2 aromatic heterocycles. The first kappa shape index (κ1) is 28.9. The standard InChI is InChI=1S/C30H26ClF3N6O3S/c1-13-11-42-25-21-24(23(34)20(22(25)31)16-4-5-18(33)26-19(16)17(9-35)27(36)44-26)37-29(38-28(21)40(13)14(2)41)43-12-30-6-3-7-39(30)10-15(32)8-30/h4-5,13,15H,3,6-8,10-12,36H2,1-2H3/t13-,15+,30-/m0/s1. The average molecular weight is 643 g/mol. The molecule has 44 heavy (non-hydrogen) atoms. The monoisotopic (exact) mass is 642 g/mol. The Kier molecular flexibility index (Phi) is 6.80. The van der Waals surface area contributed by atoms with E-state index in [-0.39, 0.29) is 84.4 Å². The number of ether oxygens (including phenoxy) is 2. The van der Waals surface area contributed by atoms with Gasteiger partial charge in [0.2, 0.25) is 5.91 Å². The fraction of sp³-hybridized carbons (Fsp3) is 0.400. The van der Waals surface area contributed by atoms with E-state index < -0.39 is 29.4 Å². The normalized spacial score (nSPS) is 23.1. The maximum Gasteiger partial charge on any atom is 0.319 e. The number of aromatic nitrogens is 2. The maximum absolute atomic E-state index is 16.9. The van der Waals surface area contributed by atoms with Gasteiger partial charge in [-0.3, -0.25) is 14.6 Å². The number of benzene rings is 2. The summed E-state index contributed by atoms with van der Waals surface area (Å²) in [5.74, 6) is -1.81. The lowest BCUT2D eigenvalue weighted by Crippen LogP contribution is -2.43. The Morgan fingerprint density at radius 1 is 1.34 bits per heavy atom. The van der Waals surface area contributed by atoms with Crippen molar-refractivity contribution in [1.29, 1.82) is 5.26 Å². The Balaban J connectivity index is 1.47. The van der Waals surface area contributed by atoms with E-state index in [0.29, 0.717) is 13.0 Å². The van der Waals surface area contributed by atoms with Crippen LogP contribution in [-0.2, 0) is 4.79 Å². The lowest BCUT2D eigenvalue weighted by molar-refractivity contribution is -0.117. The third-order valence-corrected chi connectivity index (χ3v) is 10.2. The fourth-order valence-corrected chi connectivity index (χ4v) is 8.23. The molecule has 5 heterocycles. The lowest BCUT2D eigenvalue weighted by atomic mass is 9.95. The number of amides is 1. The highest BCUT2D eigenvalue weighted by Gasteiger charge is 2.49. The van der Waals surface area contributed by atoms with Crippen molar-refractivity contribution < 1.29 is 27.4 Å². The van der Waals surface area contributed by atoms with Crippen LogP contribution in [0.15, 0.2) is 12.1 Å². The Morgan fingerprint density at radius 2 is 2.14 bits per heavy atom. The van der Waals surface area contributed by atoms with E-state index in [2.05, 4.69) is 14.9 Å². The SMILES string of the molecule is CC(=O)N1c2nc(OC[C@@]34CCCN3C[C@H](F)C4)nc3c(F)c(-c4ccc(F)c5sc(N)c(C#N)c45)c(Cl)c(c23)OC[C@@H]1C. The van der Waals surface area contributed by atoms with Gasteiger partial charge in [-0.15, -0.1) is 11.3 Å². The lowest BCUT2D eigenvalue weighted by Gasteiger charge is -2.31. The highest BCUT2D eigenvalue weighted by Crippen LogP contribution is 2.51. The highest BCUT2D eigenvalue weighted by atomic mass is 35.5. The van der Waals surface area contributed by atoms with Gasteiger partial charge >= 0.3 is 6.01 Å². The van der Waals surface area contributed by atoms with Crippen LogP contribution in [0.4, 0.5) is 24.0 Å². The van der Waals surface area contributed by atoms with E-state index in [4.69, 9.17) is 26.8 Å². The average Bonchev–Trinajstić information content (AvgIpc) is 3.58. The number of hydrogen-bond acceptors (Lipinski definition) is 9. The largest absolute Gasteiger partial charge is 0.489 e. The van der Waals surface area contributed by atoms with Gasteiger partial charge < -0.3 is 15.2 Å². The summed E-state index contributed by atoms with van der Waals surface area (Å²) in [6.07, 6.45) is 0.967. The molecule has 228 valence electrons. The summed E-state index contributed by atoms with van der Waals surface area (Å²) in [5, 5.41) is 9.94. The summed E-state index contributed by atoms with van der Waals surface area (Å²) in [4.78, 5) is 25.3. The molecule has 2 aromatic carbocycles. The summed E-state index contributed by atoms with van der Waals surface area (Å²) < 4.78 is 58.4.